The van der Waals surface area contributed by atoms with Gasteiger partial charge in [0, 0.05) is 23.0 Å². The van der Waals surface area contributed by atoms with Gasteiger partial charge < -0.3 is 10.1 Å². The van der Waals surface area contributed by atoms with Crippen molar-refractivity contribution >= 4 is 17.7 Å². The van der Waals surface area contributed by atoms with Gasteiger partial charge in [0.2, 0.25) is 0 Å². The zero-order valence-corrected chi connectivity index (χ0v) is 14.5. The Morgan fingerprint density at radius 3 is 2.83 bits per heavy atom. The van der Waals surface area contributed by atoms with Crippen LogP contribution in [-0.4, -0.2) is 44.1 Å². The SMILES string of the molecule is CCC[C@H](C)NC(=O)COC(=O)Cc1c(C)nc2ncnn2c1C. The topological polar surface area (TPSA) is 98.5 Å². The lowest BCUT2D eigenvalue weighted by Gasteiger charge is -2.13. The molecule has 0 saturated heterocycles. The van der Waals surface area contributed by atoms with E-state index in [0.29, 0.717) is 11.5 Å². The van der Waals surface area contributed by atoms with Crippen LogP contribution in [0.25, 0.3) is 5.78 Å². The minimum atomic E-state index is -0.472. The third-order valence-electron chi connectivity index (χ3n) is 3.80. The molecule has 24 heavy (non-hydrogen) atoms. The second-order valence-electron chi connectivity index (χ2n) is 5.83. The third-order valence-corrected chi connectivity index (χ3v) is 3.80. The lowest BCUT2D eigenvalue weighted by atomic mass is 10.1. The van der Waals surface area contributed by atoms with Crippen molar-refractivity contribution in [3.05, 3.63) is 23.3 Å². The number of amides is 1. The van der Waals surface area contributed by atoms with E-state index in [1.807, 2.05) is 27.7 Å². The Labute approximate surface area is 140 Å². The van der Waals surface area contributed by atoms with Crippen molar-refractivity contribution in [1.29, 1.82) is 0 Å². The predicted molar refractivity (Wildman–Crippen MR) is 87.4 cm³/mol. The number of carbonyl (C=O) groups is 2. The molecule has 0 aliphatic carbocycles. The number of nitrogens with one attached hydrogen (secondary N) is 1. The molecule has 0 bridgehead atoms. The molecule has 1 atom stereocenters. The maximum absolute atomic E-state index is 12.0. The Morgan fingerprint density at radius 1 is 1.38 bits per heavy atom. The second-order valence-corrected chi connectivity index (χ2v) is 5.83. The summed E-state index contributed by atoms with van der Waals surface area (Å²) in [6, 6.07) is 0.0737. The second kappa shape index (κ2) is 7.85. The monoisotopic (exact) mass is 333 g/mol. The summed E-state index contributed by atoms with van der Waals surface area (Å²) in [6.07, 6.45) is 3.33. The van der Waals surface area contributed by atoms with E-state index in [-0.39, 0.29) is 25.0 Å². The van der Waals surface area contributed by atoms with Gasteiger partial charge in [0.25, 0.3) is 11.7 Å². The van der Waals surface area contributed by atoms with Crippen molar-refractivity contribution < 1.29 is 14.3 Å². The molecule has 2 aromatic rings. The summed E-state index contributed by atoms with van der Waals surface area (Å²) in [5.41, 5.74) is 2.22. The standard InChI is InChI=1S/C16H23N5O3/c1-5-6-10(2)19-14(22)8-24-15(23)7-13-11(3)20-16-17-9-18-21(16)12(13)4/h9-10H,5-8H2,1-4H3,(H,19,22)/t10-/m0/s1. The van der Waals surface area contributed by atoms with Crippen LogP contribution < -0.4 is 5.32 Å². The highest BCUT2D eigenvalue weighted by atomic mass is 16.5. The van der Waals surface area contributed by atoms with E-state index in [2.05, 4.69) is 20.4 Å². The first-order valence-electron chi connectivity index (χ1n) is 8.03. The molecule has 2 heterocycles. The fourth-order valence-electron chi connectivity index (χ4n) is 2.57. The van der Waals surface area contributed by atoms with Gasteiger partial charge in [-0.15, -0.1) is 0 Å². The van der Waals surface area contributed by atoms with Crippen LogP contribution in [0.5, 0.6) is 0 Å². The summed E-state index contributed by atoms with van der Waals surface area (Å²) >= 11 is 0. The van der Waals surface area contributed by atoms with Crippen LogP contribution in [0.15, 0.2) is 6.33 Å². The van der Waals surface area contributed by atoms with Gasteiger partial charge in [0.15, 0.2) is 6.61 Å². The molecule has 8 nitrogen and oxygen atoms in total. The Hall–Kier alpha value is -2.51. The van der Waals surface area contributed by atoms with Crippen molar-refractivity contribution in [3.63, 3.8) is 0 Å². The van der Waals surface area contributed by atoms with Gasteiger partial charge in [-0.3, -0.25) is 9.59 Å². The molecular formula is C16H23N5O3. The van der Waals surface area contributed by atoms with Crippen LogP contribution in [-0.2, 0) is 20.7 Å². The Bertz CT molecular complexity index is 741. The number of rotatable bonds is 7. The van der Waals surface area contributed by atoms with Gasteiger partial charge in [-0.25, -0.2) is 9.50 Å². The fourth-order valence-corrected chi connectivity index (χ4v) is 2.57. The molecule has 0 saturated carbocycles. The molecule has 8 heteroatoms. The van der Waals surface area contributed by atoms with Gasteiger partial charge in [-0.2, -0.15) is 10.1 Å². The van der Waals surface area contributed by atoms with Gasteiger partial charge in [-0.1, -0.05) is 13.3 Å². The van der Waals surface area contributed by atoms with Crippen LogP contribution in [0.3, 0.4) is 0 Å². The van der Waals surface area contributed by atoms with Gasteiger partial charge in [-0.05, 0) is 27.2 Å². The van der Waals surface area contributed by atoms with E-state index in [1.54, 1.807) is 4.52 Å². The van der Waals surface area contributed by atoms with E-state index in [9.17, 15) is 9.59 Å². The lowest BCUT2D eigenvalue weighted by Crippen LogP contribution is -2.35. The molecule has 2 rings (SSSR count). The number of hydrogen-bond donors (Lipinski definition) is 1. The summed E-state index contributed by atoms with van der Waals surface area (Å²) in [6.45, 7) is 7.35. The van der Waals surface area contributed by atoms with Crippen LogP contribution >= 0.6 is 0 Å². The zero-order valence-electron chi connectivity index (χ0n) is 14.5. The van der Waals surface area contributed by atoms with Gasteiger partial charge >= 0.3 is 5.97 Å². The highest BCUT2D eigenvalue weighted by molar-refractivity contribution is 5.81. The molecule has 1 N–H and O–H groups in total. The summed E-state index contributed by atoms with van der Waals surface area (Å²) in [5.74, 6) is -0.269. The van der Waals surface area contributed by atoms with Gasteiger partial charge in [0.05, 0.1) is 6.42 Å². The van der Waals surface area contributed by atoms with E-state index >= 15 is 0 Å². The number of aryl methyl sites for hydroxylation is 2. The number of esters is 1. The molecule has 0 aromatic carbocycles. The van der Waals surface area contributed by atoms with Crippen molar-refractivity contribution in [2.24, 2.45) is 0 Å². The molecule has 0 unspecified atom stereocenters. The molecule has 0 spiro atoms. The molecular weight excluding hydrogens is 310 g/mol. The molecule has 2 aromatic heterocycles. The molecule has 0 radical (unpaired) electrons. The molecule has 0 fully saturated rings. The summed E-state index contributed by atoms with van der Waals surface area (Å²) in [5, 5.41) is 6.87. The minimum absolute atomic E-state index is 0.0399. The molecule has 0 aliphatic rings. The first-order valence-corrected chi connectivity index (χ1v) is 8.03. The Kier molecular flexibility index (Phi) is 5.83. The molecule has 130 valence electrons. The van der Waals surface area contributed by atoms with Crippen LogP contribution in [0.4, 0.5) is 0 Å². The normalized spacial score (nSPS) is 12.2. The number of nitrogens with zero attached hydrogens (tertiary/aromatic N) is 4. The zero-order chi connectivity index (χ0) is 17.7. The third kappa shape index (κ3) is 4.27. The Morgan fingerprint density at radius 2 is 2.12 bits per heavy atom. The Balaban J connectivity index is 1.94. The van der Waals surface area contributed by atoms with Crippen molar-refractivity contribution in [2.75, 3.05) is 6.61 Å². The summed E-state index contributed by atoms with van der Waals surface area (Å²) in [4.78, 5) is 32.1. The summed E-state index contributed by atoms with van der Waals surface area (Å²) in [7, 11) is 0. The van der Waals surface area contributed by atoms with E-state index < -0.39 is 5.97 Å². The van der Waals surface area contributed by atoms with Crippen LogP contribution in [0, 0.1) is 13.8 Å². The summed E-state index contributed by atoms with van der Waals surface area (Å²) < 4.78 is 6.64. The molecule has 0 aliphatic heterocycles. The maximum atomic E-state index is 12.0. The molecule has 1 amide bonds. The highest BCUT2D eigenvalue weighted by Gasteiger charge is 2.16. The fraction of sp³-hybridized carbons (Fsp3) is 0.562. The smallest absolute Gasteiger partial charge is 0.310 e. The predicted octanol–water partition coefficient (Wildman–Crippen LogP) is 1.13. The quantitative estimate of drug-likeness (QED) is 0.763. The number of carbonyl (C=O) groups excluding carboxylic acids is 2. The van der Waals surface area contributed by atoms with Gasteiger partial charge in [0.1, 0.15) is 6.33 Å². The maximum Gasteiger partial charge on any atom is 0.310 e. The lowest BCUT2D eigenvalue weighted by molar-refractivity contribution is -0.148. The van der Waals surface area contributed by atoms with E-state index in [0.717, 1.165) is 24.1 Å². The number of hydrogen-bond acceptors (Lipinski definition) is 6. The van der Waals surface area contributed by atoms with E-state index in [1.165, 1.54) is 6.33 Å². The largest absolute Gasteiger partial charge is 0.455 e. The van der Waals surface area contributed by atoms with Crippen LogP contribution in [0.2, 0.25) is 0 Å². The average Bonchev–Trinajstić information content (AvgIpc) is 2.98. The van der Waals surface area contributed by atoms with Crippen molar-refractivity contribution in [2.45, 2.75) is 53.0 Å². The number of ether oxygens (including phenoxy) is 1. The first-order chi connectivity index (χ1) is 11.4. The van der Waals surface area contributed by atoms with E-state index in [4.69, 9.17) is 4.74 Å². The average molecular weight is 333 g/mol. The highest BCUT2D eigenvalue weighted by Crippen LogP contribution is 2.14. The minimum Gasteiger partial charge on any atom is -0.455 e. The van der Waals surface area contributed by atoms with Crippen molar-refractivity contribution in [1.82, 2.24) is 24.9 Å². The van der Waals surface area contributed by atoms with Crippen molar-refractivity contribution in [3.8, 4) is 0 Å². The first kappa shape index (κ1) is 17.8. The number of fused-ring (bicyclic) bond motifs is 1. The van der Waals surface area contributed by atoms with Crippen LogP contribution in [0.1, 0.15) is 43.6 Å². The number of aromatic nitrogens is 4.